The number of amides is 1. The number of para-hydroxylation sites is 1. The molecule has 2 aromatic carbocycles. The number of carbonyl (C=O) groups is 1. The highest BCUT2D eigenvalue weighted by atomic mass is 32.2. The van der Waals surface area contributed by atoms with Gasteiger partial charge < -0.3 is 9.80 Å². The number of benzene rings is 2. The number of carbonyl (C=O) groups excluding carboxylic acids is 1. The van der Waals surface area contributed by atoms with Crippen molar-refractivity contribution in [2.45, 2.75) is 5.16 Å². The second-order valence-corrected chi connectivity index (χ2v) is 9.24. The minimum absolute atomic E-state index is 0.0499. The van der Waals surface area contributed by atoms with Gasteiger partial charge in [-0.25, -0.2) is 9.37 Å². The molecule has 2 aromatic heterocycles. The van der Waals surface area contributed by atoms with Crippen molar-refractivity contribution in [1.29, 1.82) is 0 Å². The molecule has 1 saturated heterocycles. The number of piperazine rings is 1. The van der Waals surface area contributed by atoms with Gasteiger partial charge in [0.2, 0.25) is 5.91 Å². The van der Waals surface area contributed by atoms with Crippen LogP contribution in [0.5, 0.6) is 0 Å². The van der Waals surface area contributed by atoms with Crippen molar-refractivity contribution in [3.05, 3.63) is 72.0 Å². The molecule has 1 amide bonds. The fourth-order valence-corrected chi connectivity index (χ4v) is 5.28. The van der Waals surface area contributed by atoms with Crippen LogP contribution in [0.3, 0.4) is 0 Å². The molecule has 0 atom stereocenters. The molecule has 5 rings (SSSR count). The van der Waals surface area contributed by atoms with Crippen LogP contribution in [0.1, 0.15) is 0 Å². The topological polar surface area (TPSA) is 67.2 Å². The van der Waals surface area contributed by atoms with E-state index in [1.165, 1.54) is 17.8 Å². The van der Waals surface area contributed by atoms with E-state index in [0.29, 0.717) is 29.6 Å². The molecule has 33 heavy (non-hydrogen) atoms. The third kappa shape index (κ3) is 4.62. The number of thiazole rings is 1. The van der Waals surface area contributed by atoms with E-state index < -0.39 is 0 Å². The summed E-state index contributed by atoms with van der Waals surface area (Å²) in [6.07, 6.45) is 1.80. The van der Waals surface area contributed by atoms with Gasteiger partial charge in [-0.05, 0) is 24.3 Å². The quantitative estimate of drug-likeness (QED) is 0.389. The summed E-state index contributed by atoms with van der Waals surface area (Å²) in [4.78, 5) is 21.3. The highest BCUT2D eigenvalue weighted by Gasteiger charge is 2.24. The van der Waals surface area contributed by atoms with Gasteiger partial charge in [-0.1, -0.05) is 42.1 Å². The Labute approximate surface area is 198 Å². The Morgan fingerprint density at radius 1 is 1.00 bits per heavy atom. The lowest BCUT2D eigenvalue weighted by atomic mass is 10.2. The largest absolute Gasteiger partial charge is 0.345 e. The second-order valence-electron chi connectivity index (χ2n) is 7.43. The van der Waals surface area contributed by atoms with Gasteiger partial charge in [0.1, 0.15) is 5.82 Å². The van der Waals surface area contributed by atoms with Crippen LogP contribution in [0, 0.1) is 5.82 Å². The van der Waals surface area contributed by atoms with Crippen LogP contribution in [0.25, 0.3) is 17.1 Å². The van der Waals surface area contributed by atoms with Crippen LogP contribution in [0.4, 0.5) is 9.52 Å². The zero-order chi connectivity index (χ0) is 22.6. The van der Waals surface area contributed by atoms with Crippen LogP contribution >= 0.6 is 23.1 Å². The van der Waals surface area contributed by atoms with Gasteiger partial charge in [-0.2, -0.15) is 0 Å². The highest BCUT2D eigenvalue weighted by molar-refractivity contribution is 7.99. The van der Waals surface area contributed by atoms with E-state index in [1.54, 1.807) is 40.3 Å². The molecule has 1 aliphatic rings. The normalized spacial score (nSPS) is 14.0. The molecule has 1 aliphatic heterocycles. The number of hydrogen-bond acceptors (Lipinski definition) is 7. The monoisotopic (exact) mass is 480 g/mol. The predicted molar refractivity (Wildman–Crippen MR) is 128 cm³/mol. The van der Waals surface area contributed by atoms with E-state index in [0.717, 1.165) is 23.9 Å². The average molecular weight is 481 g/mol. The van der Waals surface area contributed by atoms with Crippen molar-refractivity contribution in [1.82, 2.24) is 24.6 Å². The molecule has 0 N–H and O–H groups in total. The molecule has 0 unspecified atom stereocenters. The molecule has 4 aromatic rings. The van der Waals surface area contributed by atoms with Gasteiger partial charge in [0.05, 0.1) is 11.3 Å². The Morgan fingerprint density at radius 3 is 2.48 bits per heavy atom. The summed E-state index contributed by atoms with van der Waals surface area (Å²) in [5.74, 6) is 0.326. The average Bonchev–Trinajstić information content (AvgIpc) is 3.54. The summed E-state index contributed by atoms with van der Waals surface area (Å²) in [5, 5.41) is 12.1. The standard InChI is InChI=1S/C23H21FN6OS2/c24-19-9-5-4-8-18(19)21-26-27-23(30(21)17-6-2-1-3-7-17)33-16-20(31)28-11-13-29(14-12-28)22-25-10-15-32-22/h1-10,15H,11-14,16H2. The molecule has 0 saturated carbocycles. The Bertz CT molecular complexity index is 1220. The third-order valence-corrected chi connectivity index (χ3v) is 7.16. The van der Waals surface area contributed by atoms with Gasteiger partial charge in [0.15, 0.2) is 16.1 Å². The number of hydrogen-bond donors (Lipinski definition) is 0. The molecule has 0 aliphatic carbocycles. The fraction of sp³-hybridized carbons (Fsp3) is 0.217. The maximum Gasteiger partial charge on any atom is 0.233 e. The molecule has 168 valence electrons. The minimum Gasteiger partial charge on any atom is -0.345 e. The van der Waals surface area contributed by atoms with Gasteiger partial charge in [-0.3, -0.25) is 9.36 Å². The smallest absolute Gasteiger partial charge is 0.233 e. The van der Waals surface area contributed by atoms with Crippen LogP contribution < -0.4 is 4.90 Å². The Kier molecular flexibility index (Phi) is 6.36. The first-order valence-corrected chi connectivity index (χ1v) is 12.4. The van der Waals surface area contributed by atoms with Crippen molar-refractivity contribution in [3.63, 3.8) is 0 Å². The summed E-state index contributed by atoms with van der Waals surface area (Å²) < 4.78 is 16.3. The van der Waals surface area contributed by atoms with Gasteiger partial charge >= 0.3 is 0 Å². The Balaban J connectivity index is 1.32. The lowest BCUT2D eigenvalue weighted by Gasteiger charge is -2.34. The number of halogens is 1. The van der Waals surface area contributed by atoms with E-state index >= 15 is 0 Å². The number of nitrogens with zero attached hydrogens (tertiary/aromatic N) is 6. The highest BCUT2D eigenvalue weighted by Crippen LogP contribution is 2.29. The third-order valence-electron chi connectivity index (χ3n) is 5.41. The first-order valence-electron chi connectivity index (χ1n) is 10.5. The summed E-state index contributed by atoms with van der Waals surface area (Å²) in [5.41, 5.74) is 1.18. The van der Waals surface area contributed by atoms with Gasteiger partial charge in [0, 0.05) is 43.4 Å². The van der Waals surface area contributed by atoms with E-state index in [9.17, 15) is 9.18 Å². The summed E-state index contributed by atoms with van der Waals surface area (Å²) in [6.45, 7) is 2.85. The Morgan fingerprint density at radius 2 is 1.76 bits per heavy atom. The van der Waals surface area contributed by atoms with Crippen molar-refractivity contribution < 1.29 is 9.18 Å². The van der Waals surface area contributed by atoms with Gasteiger partial charge in [0.25, 0.3) is 0 Å². The predicted octanol–water partition coefficient (Wildman–Crippen LogP) is 3.97. The first kappa shape index (κ1) is 21.6. The van der Waals surface area contributed by atoms with Crippen LogP contribution in [0.2, 0.25) is 0 Å². The molecule has 0 spiro atoms. The number of rotatable bonds is 6. The number of anilines is 1. The second kappa shape index (κ2) is 9.72. The van der Waals surface area contributed by atoms with Crippen molar-refractivity contribution in [2.24, 2.45) is 0 Å². The van der Waals surface area contributed by atoms with E-state index in [2.05, 4.69) is 20.1 Å². The molecular weight excluding hydrogens is 459 g/mol. The zero-order valence-corrected chi connectivity index (χ0v) is 19.3. The molecule has 7 nitrogen and oxygen atoms in total. The van der Waals surface area contributed by atoms with Crippen molar-refractivity contribution in [2.75, 3.05) is 36.8 Å². The van der Waals surface area contributed by atoms with Crippen molar-refractivity contribution >= 4 is 34.1 Å². The maximum atomic E-state index is 14.5. The summed E-state index contributed by atoms with van der Waals surface area (Å²) in [6, 6.07) is 16.0. The minimum atomic E-state index is -0.368. The van der Waals surface area contributed by atoms with Crippen LogP contribution in [0.15, 0.2) is 71.3 Å². The summed E-state index contributed by atoms with van der Waals surface area (Å²) in [7, 11) is 0. The lowest BCUT2D eigenvalue weighted by molar-refractivity contribution is -0.128. The van der Waals surface area contributed by atoms with E-state index in [1.807, 2.05) is 40.6 Å². The maximum absolute atomic E-state index is 14.5. The zero-order valence-electron chi connectivity index (χ0n) is 17.7. The van der Waals surface area contributed by atoms with Crippen LogP contribution in [-0.4, -0.2) is 62.5 Å². The van der Waals surface area contributed by atoms with E-state index in [-0.39, 0.29) is 17.5 Å². The fourth-order valence-electron chi connectivity index (χ4n) is 3.73. The number of aromatic nitrogens is 4. The molecule has 0 bridgehead atoms. The molecule has 10 heteroatoms. The van der Waals surface area contributed by atoms with Gasteiger partial charge in [-0.15, -0.1) is 21.5 Å². The first-order chi connectivity index (χ1) is 16.2. The Hall–Kier alpha value is -3.24. The lowest BCUT2D eigenvalue weighted by Crippen LogP contribution is -2.49. The molecule has 1 fully saturated rings. The van der Waals surface area contributed by atoms with E-state index in [4.69, 9.17) is 0 Å². The number of thioether (sulfide) groups is 1. The molecule has 0 radical (unpaired) electrons. The van der Waals surface area contributed by atoms with Crippen molar-refractivity contribution in [3.8, 4) is 17.1 Å². The molecule has 3 heterocycles. The summed E-state index contributed by atoms with van der Waals surface area (Å²) >= 11 is 2.93. The van der Waals surface area contributed by atoms with Crippen LogP contribution in [-0.2, 0) is 4.79 Å². The molecular formula is C23H21FN6OS2. The SMILES string of the molecule is O=C(CSc1nnc(-c2ccccc2F)n1-c1ccccc1)N1CCN(c2nccs2)CC1.